The second kappa shape index (κ2) is 5.64. The summed E-state index contributed by atoms with van der Waals surface area (Å²) in [7, 11) is 1.28. The van der Waals surface area contributed by atoms with Gasteiger partial charge in [-0.3, -0.25) is 4.79 Å². The fourth-order valence-electron chi connectivity index (χ4n) is 2.63. The number of carbonyl (C=O) groups is 1. The number of methoxy groups -OCH3 is 1. The van der Waals surface area contributed by atoms with Crippen LogP contribution in [0.3, 0.4) is 0 Å². The van der Waals surface area contributed by atoms with Gasteiger partial charge in [-0.25, -0.2) is 9.07 Å². The van der Waals surface area contributed by atoms with E-state index in [2.05, 4.69) is 9.84 Å². The maximum absolute atomic E-state index is 14.5. The SMILES string of the molecule is COC(=O)Cc1ccc(-c2nn(C3(C)CC3)c(N)c2C#N)c(F)c1. The molecule has 0 spiro atoms. The molecule has 0 amide bonds. The molecule has 0 unspecified atom stereocenters. The lowest BCUT2D eigenvalue weighted by Gasteiger charge is -2.10. The minimum Gasteiger partial charge on any atom is -0.469 e. The summed E-state index contributed by atoms with van der Waals surface area (Å²) in [6, 6.07) is 6.39. The molecule has 0 bridgehead atoms. The number of ether oxygens (including phenoxy) is 1. The van der Waals surface area contributed by atoms with Crippen LogP contribution in [0.4, 0.5) is 10.2 Å². The van der Waals surface area contributed by atoms with Crippen LogP contribution in [0, 0.1) is 17.1 Å². The minimum absolute atomic E-state index is 0.0204. The third-order valence-electron chi connectivity index (χ3n) is 4.38. The molecular formula is C17H17FN4O2. The number of esters is 1. The molecule has 6 nitrogen and oxygen atoms in total. The predicted molar refractivity (Wildman–Crippen MR) is 85.4 cm³/mol. The number of hydrogen-bond donors (Lipinski definition) is 1. The number of benzene rings is 1. The van der Waals surface area contributed by atoms with Crippen LogP contribution in [0.5, 0.6) is 0 Å². The fourth-order valence-corrected chi connectivity index (χ4v) is 2.63. The summed E-state index contributed by atoms with van der Waals surface area (Å²) < 4.78 is 20.7. The van der Waals surface area contributed by atoms with Gasteiger partial charge < -0.3 is 10.5 Å². The number of carbonyl (C=O) groups excluding carboxylic acids is 1. The first kappa shape index (κ1) is 16.0. The van der Waals surface area contributed by atoms with Gasteiger partial charge in [-0.1, -0.05) is 6.07 Å². The van der Waals surface area contributed by atoms with Crippen LogP contribution < -0.4 is 5.73 Å². The summed E-state index contributed by atoms with van der Waals surface area (Å²) in [6.45, 7) is 2.00. The zero-order valence-electron chi connectivity index (χ0n) is 13.5. The second-order valence-electron chi connectivity index (χ2n) is 6.20. The molecule has 0 atom stereocenters. The van der Waals surface area contributed by atoms with Gasteiger partial charge in [0.15, 0.2) is 0 Å². The summed E-state index contributed by atoms with van der Waals surface area (Å²) in [5.74, 6) is -0.751. The highest BCUT2D eigenvalue weighted by Crippen LogP contribution is 2.45. The number of rotatable bonds is 4. The van der Waals surface area contributed by atoms with Gasteiger partial charge in [-0.05, 0) is 37.5 Å². The molecule has 1 aromatic heterocycles. The van der Waals surface area contributed by atoms with Crippen LogP contribution in [-0.2, 0) is 21.5 Å². The molecule has 3 rings (SSSR count). The molecule has 2 N–H and O–H groups in total. The van der Waals surface area contributed by atoms with Gasteiger partial charge >= 0.3 is 5.97 Å². The highest BCUT2D eigenvalue weighted by atomic mass is 19.1. The molecular weight excluding hydrogens is 311 g/mol. The van der Waals surface area contributed by atoms with Gasteiger partial charge in [-0.15, -0.1) is 0 Å². The van der Waals surface area contributed by atoms with Crippen molar-refractivity contribution in [2.24, 2.45) is 0 Å². The third kappa shape index (κ3) is 2.60. The Balaban J connectivity index is 2.03. The van der Waals surface area contributed by atoms with E-state index >= 15 is 0 Å². The van der Waals surface area contributed by atoms with E-state index in [-0.39, 0.29) is 34.6 Å². The molecule has 1 heterocycles. The van der Waals surface area contributed by atoms with E-state index in [0.717, 1.165) is 12.8 Å². The Morgan fingerprint density at radius 2 is 2.25 bits per heavy atom. The summed E-state index contributed by atoms with van der Waals surface area (Å²) in [6.07, 6.45) is 1.82. The van der Waals surface area contributed by atoms with Gasteiger partial charge in [0.1, 0.15) is 29.0 Å². The van der Waals surface area contributed by atoms with Crippen molar-refractivity contribution < 1.29 is 13.9 Å². The first-order valence-corrected chi connectivity index (χ1v) is 7.54. The van der Waals surface area contributed by atoms with Crippen molar-refractivity contribution in [2.75, 3.05) is 12.8 Å². The number of hydrogen-bond acceptors (Lipinski definition) is 5. The highest BCUT2D eigenvalue weighted by molar-refractivity contribution is 5.75. The zero-order valence-corrected chi connectivity index (χ0v) is 13.5. The summed E-state index contributed by atoms with van der Waals surface area (Å²) in [4.78, 5) is 11.3. The van der Waals surface area contributed by atoms with E-state index < -0.39 is 11.8 Å². The van der Waals surface area contributed by atoms with Crippen molar-refractivity contribution in [3.05, 3.63) is 35.1 Å². The van der Waals surface area contributed by atoms with Gasteiger partial charge in [0.25, 0.3) is 0 Å². The summed E-state index contributed by atoms with van der Waals surface area (Å²) in [5.41, 5.74) is 6.91. The number of nitrogen functional groups attached to an aromatic ring is 1. The van der Waals surface area contributed by atoms with Crippen LogP contribution in [-0.4, -0.2) is 22.9 Å². The van der Waals surface area contributed by atoms with Crippen molar-refractivity contribution >= 4 is 11.8 Å². The Hall–Kier alpha value is -2.88. The molecule has 1 aromatic carbocycles. The number of aromatic nitrogens is 2. The van der Waals surface area contributed by atoms with Crippen molar-refractivity contribution in [3.63, 3.8) is 0 Å². The molecule has 124 valence electrons. The van der Waals surface area contributed by atoms with E-state index in [1.807, 2.05) is 13.0 Å². The first-order chi connectivity index (χ1) is 11.4. The van der Waals surface area contributed by atoms with Gasteiger partial charge in [0.05, 0.1) is 19.1 Å². The molecule has 1 saturated carbocycles. The average Bonchev–Trinajstić information content (AvgIpc) is 3.20. The maximum atomic E-state index is 14.5. The molecule has 1 aliphatic carbocycles. The minimum atomic E-state index is -0.557. The number of halogens is 1. The smallest absolute Gasteiger partial charge is 0.309 e. The van der Waals surface area contributed by atoms with E-state index in [9.17, 15) is 14.4 Å². The number of anilines is 1. The Labute approximate surface area is 138 Å². The Kier molecular flexibility index (Phi) is 3.76. The van der Waals surface area contributed by atoms with Gasteiger partial charge in [-0.2, -0.15) is 10.4 Å². The van der Waals surface area contributed by atoms with Crippen molar-refractivity contribution in [1.29, 1.82) is 5.26 Å². The lowest BCUT2D eigenvalue weighted by molar-refractivity contribution is -0.139. The van der Waals surface area contributed by atoms with Crippen LogP contribution >= 0.6 is 0 Å². The van der Waals surface area contributed by atoms with Gasteiger partial charge in [0, 0.05) is 5.56 Å². The molecule has 1 aliphatic rings. The van der Waals surface area contributed by atoms with E-state index in [1.54, 1.807) is 10.7 Å². The van der Waals surface area contributed by atoms with Crippen LogP contribution in [0.2, 0.25) is 0 Å². The number of nitrogens with two attached hydrogens (primary N) is 1. The van der Waals surface area contributed by atoms with Gasteiger partial charge in [0.2, 0.25) is 0 Å². The van der Waals surface area contributed by atoms with Crippen molar-refractivity contribution in [2.45, 2.75) is 31.7 Å². The summed E-state index contributed by atoms with van der Waals surface area (Å²) in [5, 5.41) is 13.8. The molecule has 24 heavy (non-hydrogen) atoms. The molecule has 2 aromatic rings. The quantitative estimate of drug-likeness (QED) is 0.870. The topological polar surface area (TPSA) is 93.9 Å². The van der Waals surface area contributed by atoms with E-state index in [1.165, 1.54) is 19.2 Å². The monoisotopic (exact) mass is 328 g/mol. The highest BCUT2D eigenvalue weighted by Gasteiger charge is 2.43. The van der Waals surface area contributed by atoms with Crippen molar-refractivity contribution in [1.82, 2.24) is 9.78 Å². The Morgan fingerprint density at radius 1 is 1.54 bits per heavy atom. The molecule has 0 radical (unpaired) electrons. The third-order valence-corrected chi connectivity index (χ3v) is 4.38. The Bertz CT molecular complexity index is 862. The number of nitriles is 1. The maximum Gasteiger partial charge on any atom is 0.309 e. The molecule has 1 fully saturated rings. The normalized spacial score (nSPS) is 14.9. The second-order valence-corrected chi connectivity index (χ2v) is 6.20. The first-order valence-electron chi connectivity index (χ1n) is 7.54. The van der Waals surface area contributed by atoms with E-state index in [0.29, 0.717) is 5.56 Å². The predicted octanol–water partition coefficient (Wildman–Crippen LogP) is 2.37. The number of nitrogens with zero attached hydrogens (tertiary/aromatic N) is 3. The molecule has 0 aliphatic heterocycles. The van der Waals surface area contributed by atoms with E-state index in [4.69, 9.17) is 5.73 Å². The molecule has 7 heteroatoms. The lowest BCUT2D eigenvalue weighted by Crippen LogP contribution is -2.16. The molecule has 0 saturated heterocycles. The summed E-state index contributed by atoms with van der Waals surface area (Å²) >= 11 is 0. The average molecular weight is 328 g/mol. The Morgan fingerprint density at radius 3 is 2.79 bits per heavy atom. The zero-order chi connectivity index (χ0) is 17.5. The standard InChI is InChI=1S/C17H17FN4O2/c1-17(5-6-17)22-16(20)12(9-19)15(21-22)11-4-3-10(7-13(11)18)8-14(23)24-2/h3-4,7H,5-6,8,20H2,1-2H3. The largest absolute Gasteiger partial charge is 0.469 e. The fraction of sp³-hybridized carbons (Fsp3) is 0.353. The van der Waals surface area contributed by atoms with Crippen LogP contribution in [0.25, 0.3) is 11.3 Å². The van der Waals surface area contributed by atoms with Crippen LogP contribution in [0.15, 0.2) is 18.2 Å². The van der Waals surface area contributed by atoms with Crippen molar-refractivity contribution in [3.8, 4) is 17.3 Å². The lowest BCUT2D eigenvalue weighted by atomic mass is 10.0. The van der Waals surface area contributed by atoms with Crippen LogP contribution in [0.1, 0.15) is 30.9 Å².